The maximum atomic E-state index is 6.04. The zero-order valence-electron chi connectivity index (χ0n) is 11.7. The summed E-state index contributed by atoms with van der Waals surface area (Å²) in [4.78, 5) is 6.49. The first kappa shape index (κ1) is 13.1. The lowest BCUT2D eigenvalue weighted by molar-refractivity contribution is -0.00461. The molecule has 2 atom stereocenters. The Bertz CT molecular complexity index is 605. The number of nitrogens with zero attached hydrogens (tertiary/aromatic N) is 2. The molecule has 1 aromatic carbocycles. The molecule has 1 saturated heterocycles. The van der Waals surface area contributed by atoms with Gasteiger partial charge in [-0.25, -0.2) is 0 Å². The van der Waals surface area contributed by atoms with Crippen molar-refractivity contribution in [1.82, 2.24) is 4.98 Å². The van der Waals surface area contributed by atoms with E-state index in [0.29, 0.717) is 0 Å². The number of nitrogen functional groups attached to an aromatic ring is 1. The minimum Gasteiger partial charge on any atom is -0.398 e. The van der Waals surface area contributed by atoms with E-state index in [0.717, 1.165) is 35.2 Å². The summed E-state index contributed by atoms with van der Waals surface area (Å²) in [5.74, 6) is 0. The summed E-state index contributed by atoms with van der Waals surface area (Å²) in [5.41, 5.74) is 7.94. The Hall–Kier alpha value is -1.85. The van der Waals surface area contributed by atoms with Crippen molar-refractivity contribution in [2.45, 2.75) is 12.2 Å². The predicted molar refractivity (Wildman–Crippen MR) is 80.0 cm³/mol. The number of benzene rings is 1. The van der Waals surface area contributed by atoms with E-state index in [4.69, 9.17) is 15.2 Å². The fourth-order valence-corrected chi connectivity index (χ4v) is 2.87. The minimum atomic E-state index is 0.0873. The maximum Gasteiger partial charge on any atom is 0.102 e. The van der Waals surface area contributed by atoms with E-state index >= 15 is 0 Å². The first-order valence-electron chi connectivity index (χ1n) is 6.67. The number of hydrogen-bond donors (Lipinski definition) is 1. The molecular weight excluding hydrogens is 254 g/mol. The Morgan fingerprint density at radius 1 is 1.10 bits per heavy atom. The predicted octanol–water partition coefficient (Wildman–Crippen LogP) is 1.67. The molecule has 2 heterocycles. The second kappa shape index (κ2) is 5.26. The van der Waals surface area contributed by atoms with Gasteiger partial charge in [-0.2, -0.15) is 0 Å². The van der Waals surface area contributed by atoms with Crippen LogP contribution in [-0.4, -0.2) is 44.5 Å². The Morgan fingerprint density at radius 2 is 1.80 bits per heavy atom. The van der Waals surface area contributed by atoms with Gasteiger partial charge in [-0.15, -0.1) is 0 Å². The Kier molecular flexibility index (Phi) is 3.46. The molecular formula is C15H19N3O2. The normalized spacial score (nSPS) is 22.6. The van der Waals surface area contributed by atoms with Gasteiger partial charge < -0.3 is 20.1 Å². The highest BCUT2D eigenvalue weighted by Gasteiger charge is 2.33. The molecule has 0 radical (unpaired) electrons. The molecule has 20 heavy (non-hydrogen) atoms. The molecule has 0 bridgehead atoms. The fraction of sp³-hybridized carbons (Fsp3) is 0.400. The smallest absolute Gasteiger partial charge is 0.102 e. The number of hydrogen-bond acceptors (Lipinski definition) is 5. The zero-order chi connectivity index (χ0) is 14.1. The van der Waals surface area contributed by atoms with E-state index in [-0.39, 0.29) is 12.2 Å². The number of methoxy groups -OCH3 is 2. The van der Waals surface area contributed by atoms with Crippen LogP contribution in [0.1, 0.15) is 0 Å². The van der Waals surface area contributed by atoms with Gasteiger partial charge >= 0.3 is 0 Å². The van der Waals surface area contributed by atoms with Gasteiger partial charge in [-0.3, -0.25) is 4.98 Å². The highest BCUT2D eigenvalue weighted by molar-refractivity contribution is 6.00. The lowest BCUT2D eigenvalue weighted by Gasteiger charge is -2.20. The van der Waals surface area contributed by atoms with Crippen LogP contribution < -0.4 is 10.6 Å². The minimum absolute atomic E-state index is 0.0873. The molecule has 0 aliphatic carbocycles. The van der Waals surface area contributed by atoms with Crippen LogP contribution in [0.3, 0.4) is 0 Å². The second-order valence-electron chi connectivity index (χ2n) is 5.05. The van der Waals surface area contributed by atoms with Crippen molar-refractivity contribution in [1.29, 1.82) is 0 Å². The first-order valence-corrected chi connectivity index (χ1v) is 6.67. The summed E-state index contributed by atoms with van der Waals surface area (Å²) in [5, 5.41) is 2.10. The molecule has 106 valence electrons. The van der Waals surface area contributed by atoms with Gasteiger partial charge in [0.25, 0.3) is 0 Å². The molecule has 2 N–H and O–H groups in total. The molecule has 5 nitrogen and oxygen atoms in total. The van der Waals surface area contributed by atoms with Crippen molar-refractivity contribution in [3.05, 3.63) is 30.6 Å². The van der Waals surface area contributed by atoms with Crippen molar-refractivity contribution in [2.24, 2.45) is 0 Å². The van der Waals surface area contributed by atoms with E-state index in [1.54, 1.807) is 20.4 Å². The van der Waals surface area contributed by atoms with Crippen LogP contribution in [0.5, 0.6) is 0 Å². The quantitative estimate of drug-likeness (QED) is 0.862. The molecule has 1 aliphatic rings. The first-order chi connectivity index (χ1) is 9.74. The topological polar surface area (TPSA) is 60.6 Å². The van der Waals surface area contributed by atoms with E-state index in [1.807, 2.05) is 24.4 Å². The molecule has 0 saturated carbocycles. The highest BCUT2D eigenvalue weighted by atomic mass is 16.5. The van der Waals surface area contributed by atoms with Crippen LogP contribution in [0.15, 0.2) is 30.6 Å². The highest BCUT2D eigenvalue weighted by Crippen LogP contribution is 2.33. The summed E-state index contributed by atoms with van der Waals surface area (Å²) in [6, 6.07) is 5.94. The molecule has 3 rings (SSSR count). The third kappa shape index (κ3) is 2.09. The molecule has 1 fully saturated rings. The maximum absolute atomic E-state index is 6.04. The number of anilines is 2. The molecule has 0 spiro atoms. The van der Waals surface area contributed by atoms with E-state index < -0.39 is 0 Å². The third-order valence-corrected chi connectivity index (χ3v) is 3.99. The Balaban J connectivity index is 2.01. The van der Waals surface area contributed by atoms with Gasteiger partial charge in [0.05, 0.1) is 0 Å². The van der Waals surface area contributed by atoms with Crippen LogP contribution >= 0.6 is 0 Å². The van der Waals surface area contributed by atoms with Crippen LogP contribution in [-0.2, 0) is 9.47 Å². The van der Waals surface area contributed by atoms with E-state index in [2.05, 4.69) is 9.88 Å². The molecule has 1 aliphatic heterocycles. The number of fused-ring (bicyclic) bond motifs is 1. The van der Waals surface area contributed by atoms with Crippen molar-refractivity contribution in [2.75, 3.05) is 37.9 Å². The van der Waals surface area contributed by atoms with Crippen LogP contribution in [0.25, 0.3) is 10.8 Å². The summed E-state index contributed by atoms with van der Waals surface area (Å²) in [6.07, 6.45) is 3.80. The zero-order valence-corrected chi connectivity index (χ0v) is 11.7. The summed E-state index contributed by atoms with van der Waals surface area (Å²) < 4.78 is 11.0. The number of nitrogens with two attached hydrogens (primary N) is 1. The Morgan fingerprint density at radius 3 is 2.45 bits per heavy atom. The molecule has 2 unspecified atom stereocenters. The van der Waals surface area contributed by atoms with Crippen molar-refractivity contribution < 1.29 is 9.47 Å². The van der Waals surface area contributed by atoms with Crippen molar-refractivity contribution >= 4 is 22.1 Å². The number of aromatic nitrogens is 1. The van der Waals surface area contributed by atoms with Gasteiger partial charge in [0.15, 0.2) is 0 Å². The number of ether oxygens (including phenoxy) is 2. The summed E-state index contributed by atoms with van der Waals surface area (Å²) in [6.45, 7) is 1.62. The SMILES string of the molecule is COC1CN(c2ccc(N)c3ccncc23)CC1OC. The lowest BCUT2D eigenvalue weighted by atomic mass is 10.1. The van der Waals surface area contributed by atoms with Gasteiger partial charge in [-0.1, -0.05) is 0 Å². The van der Waals surface area contributed by atoms with Crippen LogP contribution in [0.4, 0.5) is 11.4 Å². The standard InChI is InChI=1S/C15H19N3O2/c1-19-14-8-18(9-15(14)20-2)13-4-3-12(16)10-5-6-17-7-11(10)13/h3-7,14-15H,8-9,16H2,1-2H3. The van der Waals surface area contributed by atoms with Crippen LogP contribution in [0, 0.1) is 0 Å². The van der Waals surface area contributed by atoms with E-state index in [1.165, 1.54) is 0 Å². The molecule has 5 heteroatoms. The van der Waals surface area contributed by atoms with Crippen molar-refractivity contribution in [3.8, 4) is 0 Å². The lowest BCUT2D eigenvalue weighted by Crippen LogP contribution is -2.27. The van der Waals surface area contributed by atoms with Gasteiger partial charge in [0.1, 0.15) is 12.2 Å². The van der Waals surface area contributed by atoms with Crippen molar-refractivity contribution in [3.63, 3.8) is 0 Å². The van der Waals surface area contributed by atoms with E-state index in [9.17, 15) is 0 Å². The third-order valence-electron chi connectivity index (χ3n) is 3.99. The molecule has 2 aromatic rings. The summed E-state index contributed by atoms with van der Waals surface area (Å²) >= 11 is 0. The van der Waals surface area contributed by atoms with Gasteiger partial charge in [0.2, 0.25) is 0 Å². The molecule has 1 aromatic heterocycles. The number of rotatable bonds is 3. The molecule has 0 amide bonds. The van der Waals surface area contributed by atoms with Gasteiger partial charge in [0, 0.05) is 61.9 Å². The monoisotopic (exact) mass is 273 g/mol. The van der Waals surface area contributed by atoms with Gasteiger partial charge in [-0.05, 0) is 18.2 Å². The average molecular weight is 273 g/mol. The van der Waals surface area contributed by atoms with Crippen LogP contribution in [0.2, 0.25) is 0 Å². The second-order valence-corrected chi connectivity index (χ2v) is 5.05. The summed E-state index contributed by atoms with van der Waals surface area (Å²) in [7, 11) is 3.45. The Labute approximate surface area is 118 Å². The largest absolute Gasteiger partial charge is 0.398 e. The fourth-order valence-electron chi connectivity index (χ4n) is 2.87. The average Bonchev–Trinajstić information content (AvgIpc) is 2.91. The number of pyridine rings is 1.